The topological polar surface area (TPSA) is 89.6 Å². The number of aromatic nitrogens is 2. The molecule has 158 valence electrons. The molecular weight excluding hydrogens is 396 g/mol. The van der Waals surface area contributed by atoms with Gasteiger partial charge in [-0.05, 0) is 35.9 Å². The number of anilines is 2. The number of hydrogen-bond acceptors (Lipinski definition) is 6. The third-order valence-corrected chi connectivity index (χ3v) is 4.73. The number of nitrogens with one attached hydrogen (secondary N) is 1. The van der Waals surface area contributed by atoms with Crippen molar-refractivity contribution in [1.82, 2.24) is 9.78 Å². The molecule has 0 saturated carbocycles. The summed E-state index contributed by atoms with van der Waals surface area (Å²) in [6, 6.07) is 18.0. The molecular formula is C23H22N4O4. The van der Waals surface area contributed by atoms with Crippen LogP contribution in [0, 0.1) is 0 Å². The van der Waals surface area contributed by atoms with Gasteiger partial charge in [0.1, 0.15) is 17.2 Å². The van der Waals surface area contributed by atoms with E-state index in [4.69, 9.17) is 9.15 Å². The van der Waals surface area contributed by atoms with Crippen LogP contribution in [0.25, 0.3) is 11.0 Å². The van der Waals surface area contributed by atoms with Gasteiger partial charge in [0.15, 0.2) is 6.61 Å². The Kier molecular flexibility index (Phi) is 5.70. The van der Waals surface area contributed by atoms with Gasteiger partial charge in [-0.3, -0.25) is 4.79 Å². The summed E-state index contributed by atoms with van der Waals surface area (Å²) in [5.41, 5.74) is 2.15. The van der Waals surface area contributed by atoms with Crippen molar-refractivity contribution in [3.05, 3.63) is 82.8 Å². The Bertz CT molecular complexity index is 1260. The Morgan fingerprint density at radius 1 is 1.10 bits per heavy atom. The van der Waals surface area contributed by atoms with Gasteiger partial charge in [0.25, 0.3) is 5.91 Å². The number of carbonyl (C=O) groups is 1. The summed E-state index contributed by atoms with van der Waals surface area (Å²) in [5.74, 6) is 0.695. The minimum Gasteiger partial charge on any atom is -0.484 e. The predicted octanol–water partition coefficient (Wildman–Crippen LogP) is 3.12. The summed E-state index contributed by atoms with van der Waals surface area (Å²) < 4.78 is 12.4. The molecule has 2 aromatic heterocycles. The summed E-state index contributed by atoms with van der Waals surface area (Å²) in [6.45, 7) is 0.339. The molecule has 0 aliphatic carbocycles. The van der Waals surface area contributed by atoms with Crippen LogP contribution in [0.2, 0.25) is 0 Å². The van der Waals surface area contributed by atoms with E-state index in [-0.39, 0.29) is 12.5 Å². The Morgan fingerprint density at radius 3 is 2.65 bits per heavy atom. The average molecular weight is 418 g/mol. The summed E-state index contributed by atoms with van der Waals surface area (Å²) in [7, 11) is 3.98. The molecule has 1 N–H and O–H groups in total. The molecule has 8 nitrogen and oxygen atoms in total. The Labute approximate surface area is 178 Å². The number of carbonyl (C=O) groups excluding carboxylic acids is 1. The lowest BCUT2D eigenvalue weighted by atomic mass is 10.2. The van der Waals surface area contributed by atoms with Gasteiger partial charge in [-0.15, -0.1) is 0 Å². The van der Waals surface area contributed by atoms with Crippen LogP contribution in [0.4, 0.5) is 11.5 Å². The van der Waals surface area contributed by atoms with Crippen molar-refractivity contribution in [3.63, 3.8) is 0 Å². The number of amides is 1. The van der Waals surface area contributed by atoms with Gasteiger partial charge in [-0.25, -0.2) is 9.48 Å². The van der Waals surface area contributed by atoms with Crippen molar-refractivity contribution < 1.29 is 13.9 Å². The SMILES string of the molecule is CN(C)c1ccc(Cn2nccc2NC(=O)COc2ccc3ccc(=O)oc3c2)cc1. The van der Waals surface area contributed by atoms with Crippen LogP contribution in [0.3, 0.4) is 0 Å². The van der Waals surface area contributed by atoms with Crippen LogP contribution in [0.1, 0.15) is 5.56 Å². The number of fused-ring (bicyclic) bond motifs is 1. The third kappa shape index (κ3) is 4.92. The second-order valence-electron chi connectivity index (χ2n) is 7.23. The molecule has 1 amide bonds. The summed E-state index contributed by atoms with van der Waals surface area (Å²) in [6.07, 6.45) is 1.63. The lowest BCUT2D eigenvalue weighted by Crippen LogP contribution is -2.22. The van der Waals surface area contributed by atoms with Crippen LogP contribution >= 0.6 is 0 Å². The maximum Gasteiger partial charge on any atom is 0.336 e. The van der Waals surface area contributed by atoms with Crippen LogP contribution in [-0.2, 0) is 11.3 Å². The quantitative estimate of drug-likeness (QED) is 0.464. The van der Waals surface area contributed by atoms with Crippen LogP contribution in [-0.4, -0.2) is 36.4 Å². The van der Waals surface area contributed by atoms with Gasteiger partial charge >= 0.3 is 5.63 Å². The van der Waals surface area contributed by atoms with E-state index in [9.17, 15) is 9.59 Å². The van der Waals surface area contributed by atoms with E-state index >= 15 is 0 Å². The highest BCUT2D eigenvalue weighted by molar-refractivity contribution is 5.91. The molecule has 4 rings (SSSR count). The van der Waals surface area contributed by atoms with E-state index in [0.717, 1.165) is 16.6 Å². The molecule has 0 fully saturated rings. The molecule has 2 aromatic carbocycles. The summed E-state index contributed by atoms with van der Waals surface area (Å²) >= 11 is 0. The van der Waals surface area contributed by atoms with E-state index in [2.05, 4.69) is 10.4 Å². The molecule has 0 spiro atoms. The van der Waals surface area contributed by atoms with E-state index in [1.54, 1.807) is 41.2 Å². The molecule has 31 heavy (non-hydrogen) atoms. The van der Waals surface area contributed by atoms with Crippen LogP contribution < -0.4 is 20.6 Å². The largest absolute Gasteiger partial charge is 0.484 e. The highest BCUT2D eigenvalue weighted by Gasteiger charge is 2.10. The molecule has 0 radical (unpaired) electrons. The van der Waals surface area contributed by atoms with Crippen LogP contribution in [0.15, 0.2) is 76.1 Å². The molecule has 0 saturated heterocycles. The molecule has 0 bridgehead atoms. The van der Waals surface area contributed by atoms with Crippen molar-refractivity contribution in [2.75, 3.05) is 30.9 Å². The highest BCUT2D eigenvalue weighted by Crippen LogP contribution is 2.20. The van der Waals surface area contributed by atoms with E-state index in [1.165, 1.54) is 6.07 Å². The molecule has 2 heterocycles. The maximum atomic E-state index is 12.4. The fourth-order valence-corrected chi connectivity index (χ4v) is 3.10. The van der Waals surface area contributed by atoms with Gasteiger partial charge in [0, 0.05) is 43.4 Å². The number of ether oxygens (including phenoxy) is 1. The first-order valence-corrected chi connectivity index (χ1v) is 9.72. The van der Waals surface area contributed by atoms with E-state index < -0.39 is 5.63 Å². The van der Waals surface area contributed by atoms with E-state index in [0.29, 0.717) is 23.7 Å². The molecule has 4 aromatic rings. The standard InChI is InChI=1S/C23H22N4O4/c1-26(2)18-7-3-16(4-8-18)14-27-21(11-12-24-27)25-22(28)15-30-19-9-5-17-6-10-23(29)31-20(17)13-19/h3-13H,14-15H2,1-2H3,(H,25,28). The first-order chi connectivity index (χ1) is 15.0. The van der Waals surface area contributed by atoms with Crippen LogP contribution in [0.5, 0.6) is 5.75 Å². The second kappa shape index (κ2) is 8.74. The average Bonchev–Trinajstić information content (AvgIpc) is 3.18. The number of nitrogens with zero attached hydrogens (tertiary/aromatic N) is 3. The van der Waals surface area contributed by atoms with Gasteiger partial charge in [0.05, 0.1) is 12.7 Å². The molecule has 8 heteroatoms. The van der Waals surface area contributed by atoms with Crippen molar-refractivity contribution in [2.45, 2.75) is 6.54 Å². The van der Waals surface area contributed by atoms with Crippen molar-refractivity contribution in [3.8, 4) is 5.75 Å². The van der Waals surface area contributed by atoms with Crippen molar-refractivity contribution in [1.29, 1.82) is 0 Å². The van der Waals surface area contributed by atoms with Gasteiger partial charge in [-0.1, -0.05) is 12.1 Å². The third-order valence-electron chi connectivity index (χ3n) is 4.73. The Hall–Kier alpha value is -4.07. The smallest absolute Gasteiger partial charge is 0.336 e. The fraction of sp³-hybridized carbons (Fsp3) is 0.174. The zero-order valence-electron chi connectivity index (χ0n) is 17.2. The second-order valence-corrected chi connectivity index (χ2v) is 7.23. The highest BCUT2D eigenvalue weighted by atomic mass is 16.5. The Balaban J connectivity index is 1.37. The first kappa shape index (κ1) is 20.2. The number of benzene rings is 2. The molecule has 0 aliphatic rings. The number of rotatable bonds is 7. The van der Waals surface area contributed by atoms with Gasteiger partial charge < -0.3 is 19.4 Å². The van der Waals surface area contributed by atoms with Gasteiger partial charge in [-0.2, -0.15) is 5.10 Å². The zero-order valence-corrected chi connectivity index (χ0v) is 17.2. The normalized spacial score (nSPS) is 10.8. The predicted molar refractivity (Wildman–Crippen MR) is 119 cm³/mol. The van der Waals surface area contributed by atoms with Gasteiger partial charge in [0.2, 0.25) is 0 Å². The monoisotopic (exact) mass is 418 g/mol. The molecule has 0 atom stereocenters. The minimum atomic E-state index is -0.438. The fourth-order valence-electron chi connectivity index (χ4n) is 3.10. The maximum absolute atomic E-state index is 12.4. The molecule has 0 aliphatic heterocycles. The summed E-state index contributed by atoms with van der Waals surface area (Å²) in [5, 5.41) is 7.88. The Morgan fingerprint density at radius 2 is 1.87 bits per heavy atom. The van der Waals surface area contributed by atoms with Crippen molar-refractivity contribution in [2.24, 2.45) is 0 Å². The minimum absolute atomic E-state index is 0.189. The molecule has 0 unspecified atom stereocenters. The van der Waals surface area contributed by atoms with Crippen molar-refractivity contribution >= 4 is 28.4 Å². The first-order valence-electron chi connectivity index (χ1n) is 9.72. The zero-order chi connectivity index (χ0) is 21.8. The lowest BCUT2D eigenvalue weighted by molar-refractivity contribution is -0.118. The van der Waals surface area contributed by atoms with E-state index in [1.807, 2.05) is 43.3 Å². The summed E-state index contributed by atoms with van der Waals surface area (Å²) in [4.78, 5) is 25.8. The number of hydrogen-bond donors (Lipinski definition) is 1. The lowest BCUT2D eigenvalue weighted by Gasteiger charge is -2.13.